The number of carbonyl (C=O) groups excluding carboxylic acids is 2. The van der Waals surface area contributed by atoms with E-state index in [-0.39, 0.29) is 24.1 Å². The molecule has 100 valence electrons. The first-order chi connectivity index (χ1) is 9.58. The van der Waals surface area contributed by atoms with Gasteiger partial charge in [0.1, 0.15) is 5.75 Å². The van der Waals surface area contributed by atoms with Crippen LogP contribution in [0, 0.1) is 0 Å². The number of benzene rings is 2. The molecule has 3 rings (SSSR count). The van der Waals surface area contributed by atoms with Crippen molar-refractivity contribution in [1.82, 2.24) is 4.90 Å². The summed E-state index contributed by atoms with van der Waals surface area (Å²) in [6, 6.07) is 11.6. The molecule has 0 atom stereocenters. The monoisotopic (exact) mass is 331 g/mol. The minimum atomic E-state index is -0.329. The summed E-state index contributed by atoms with van der Waals surface area (Å²) in [6.45, 7) is 0.0532. The predicted molar refractivity (Wildman–Crippen MR) is 76.5 cm³/mol. The molecular formula is C15H10BrNO3. The number of phenolic OH excluding ortho intramolecular Hbond substituents is 1. The summed E-state index contributed by atoms with van der Waals surface area (Å²) in [4.78, 5) is 25.6. The Morgan fingerprint density at radius 2 is 1.60 bits per heavy atom. The number of aromatic hydroxyl groups is 1. The van der Waals surface area contributed by atoms with E-state index in [1.54, 1.807) is 36.4 Å². The van der Waals surface area contributed by atoms with Gasteiger partial charge in [0.2, 0.25) is 0 Å². The molecular weight excluding hydrogens is 322 g/mol. The predicted octanol–water partition coefficient (Wildman–Crippen LogP) is 2.95. The minimum Gasteiger partial charge on any atom is -0.508 e. The van der Waals surface area contributed by atoms with Crippen LogP contribution in [-0.2, 0) is 6.54 Å². The summed E-state index contributed by atoms with van der Waals surface area (Å²) in [5, 5.41) is 9.81. The van der Waals surface area contributed by atoms with Gasteiger partial charge in [0.05, 0.1) is 17.7 Å². The Balaban J connectivity index is 1.96. The highest BCUT2D eigenvalue weighted by Gasteiger charge is 2.35. The van der Waals surface area contributed by atoms with Gasteiger partial charge in [-0.05, 0) is 30.3 Å². The lowest BCUT2D eigenvalue weighted by atomic mass is 10.1. The van der Waals surface area contributed by atoms with E-state index < -0.39 is 0 Å². The van der Waals surface area contributed by atoms with Crippen molar-refractivity contribution in [3.63, 3.8) is 0 Å². The first kappa shape index (κ1) is 12.9. The van der Waals surface area contributed by atoms with Crippen LogP contribution < -0.4 is 0 Å². The van der Waals surface area contributed by atoms with E-state index in [0.29, 0.717) is 16.7 Å². The van der Waals surface area contributed by atoms with Crippen molar-refractivity contribution < 1.29 is 14.7 Å². The number of hydrogen-bond donors (Lipinski definition) is 1. The van der Waals surface area contributed by atoms with Crippen LogP contribution in [0.4, 0.5) is 0 Å². The maximum atomic E-state index is 12.2. The third-order valence-electron chi connectivity index (χ3n) is 3.25. The summed E-state index contributed by atoms with van der Waals surface area (Å²) >= 11 is 3.30. The maximum Gasteiger partial charge on any atom is 0.261 e. The van der Waals surface area contributed by atoms with Gasteiger partial charge >= 0.3 is 0 Å². The highest BCUT2D eigenvalue weighted by atomic mass is 79.9. The van der Waals surface area contributed by atoms with Gasteiger partial charge in [-0.1, -0.05) is 28.1 Å². The SMILES string of the molecule is O=C1c2ccccc2C(=O)N1Cc1cc(Br)ccc1O. The van der Waals surface area contributed by atoms with Crippen molar-refractivity contribution in [1.29, 1.82) is 0 Å². The largest absolute Gasteiger partial charge is 0.508 e. The number of halogens is 1. The molecule has 0 saturated heterocycles. The Morgan fingerprint density at radius 1 is 1.00 bits per heavy atom. The molecule has 2 aromatic rings. The molecule has 0 saturated carbocycles. The van der Waals surface area contributed by atoms with Crippen LogP contribution >= 0.6 is 15.9 Å². The number of fused-ring (bicyclic) bond motifs is 1. The fraction of sp³-hybridized carbons (Fsp3) is 0.0667. The lowest BCUT2D eigenvalue weighted by molar-refractivity contribution is 0.0641. The van der Waals surface area contributed by atoms with Crippen LogP contribution in [0.1, 0.15) is 26.3 Å². The quantitative estimate of drug-likeness (QED) is 0.861. The van der Waals surface area contributed by atoms with Crippen molar-refractivity contribution in [2.45, 2.75) is 6.54 Å². The van der Waals surface area contributed by atoms with Crippen molar-refractivity contribution >= 4 is 27.7 Å². The molecule has 1 N–H and O–H groups in total. The molecule has 0 fully saturated rings. The van der Waals surface area contributed by atoms with E-state index in [1.165, 1.54) is 6.07 Å². The van der Waals surface area contributed by atoms with Gasteiger partial charge in [-0.3, -0.25) is 14.5 Å². The second-order valence-electron chi connectivity index (χ2n) is 4.52. The molecule has 1 aliphatic heterocycles. The number of hydrogen-bond acceptors (Lipinski definition) is 3. The van der Waals surface area contributed by atoms with E-state index in [9.17, 15) is 14.7 Å². The van der Waals surface area contributed by atoms with Crippen LogP contribution in [-0.4, -0.2) is 21.8 Å². The zero-order chi connectivity index (χ0) is 14.3. The summed E-state index contributed by atoms with van der Waals surface area (Å²) in [5.41, 5.74) is 1.34. The molecule has 2 aromatic carbocycles. The molecule has 0 unspecified atom stereocenters. The summed E-state index contributed by atoms with van der Waals surface area (Å²) < 4.78 is 0.780. The number of carbonyl (C=O) groups is 2. The lowest BCUT2D eigenvalue weighted by Crippen LogP contribution is -2.29. The highest BCUT2D eigenvalue weighted by molar-refractivity contribution is 9.10. The Morgan fingerprint density at radius 3 is 2.20 bits per heavy atom. The first-order valence-electron chi connectivity index (χ1n) is 6.00. The maximum absolute atomic E-state index is 12.2. The topological polar surface area (TPSA) is 57.6 Å². The number of rotatable bonds is 2. The van der Waals surface area contributed by atoms with Crippen LogP contribution in [0.5, 0.6) is 5.75 Å². The van der Waals surface area contributed by atoms with Gasteiger partial charge in [-0.2, -0.15) is 0 Å². The van der Waals surface area contributed by atoms with Crippen LogP contribution in [0.2, 0.25) is 0 Å². The van der Waals surface area contributed by atoms with E-state index >= 15 is 0 Å². The Hall–Kier alpha value is -2.14. The molecule has 1 aliphatic rings. The molecule has 0 spiro atoms. The molecule has 2 amide bonds. The van der Waals surface area contributed by atoms with Crippen LogP contribution in [0.25, 0.3) is 0 Å². The second-order valence-corrected chi connectivity index (χ2v) is 5.43. The Labute approximate surface area is 123 Å². The van der Waals surface area contributed by atoms with Gasteiger partial charge in [0.25, 0.3) is 11.8 Å². The van der Waals surface area contributed by atoms with Gasteiger partial charge in [0, 0.05) is 10.0 Å². The molecule has 4 nitrogen and oxygen atoms in total. The number of phenols is 1. The fourth-order valence-electron chi connectivity index (χ4n) is 2.23. The van der Waals surface area contributed by atoms with E-state index in [0.717, 1.165) is 9.37 Å². The smallest absolute Gasteiger partial charge is 0.261 e. The zero-order valence-electron chi connectivity index (χ0n) is 10.3. The second kappa shape index (κ2) is 4.76. The van der Waals surface area contributed by atoms with Crippen molar-refractivity contribution in [2.75, 3.05) is 0 Å². The van der Waals surface area contributed by atoms with Crippen molar-refractivity contribution in [3.05, 3.63) is 63.6 Å². The number of amides is 2. The average molecular weight is 332 g/mol. The Kier molecular flexibility index (Phi) is 3.06. The number of nitrogens with zero attached hydrogens (tertiary/aromatic N) is 1. The summed E-state index contributed by atoms with van der Waals surface area (Å²) in [5.74, 6) is -0.597. The van der Waals surface area contributed by atoms with Gasteiger partial charge in [-0.25, -0.2) is 0 Å². The highest BCUT2D eigenvalue weighted by Crippen LogP contribution is 2.28. The van der Waals surface area contributed by atoms with Crippen LogP contribution in [0.15, 0.2) is 46.9 Å². The first-order valence-corrected chi connectivity index (χ1v) is 6.80. The van der Waals surface area contributed by atoms with E-state index in [1.807, 2.05) is 0 Å². The molecule has 0 aromatic heterocycles. The summed E-state index contributed by atoms with van der Waals surface area (Å²) in [6.07, 6.45) is 0. The zero-order valence-corrected chi connectivity index (χ0v) is 11.9. The molecule has 0 aliphatic carbocycles. The minimum absolute atomic E-state index is 0.0532. The van der Waals surface area contributed by atoms with Gasteiger partial charge in [-0.15, -0.1) is 0 Å². The molecule has 0 radical (unpaired) electrons. The normalized spacial score (nSPS) is 13.8. The van der Waals surface area contributed by atoms with Crippen LogP contribution in [0.3, 0.4) is 0 Å². The third-order valence-corrected chi connectivity index (χ3v) is 3.74. The van der Waals surface area contributed by atoms with Gasteiger partial charge in [0.15, 0.2) is 0 Å². The summed E-state index contributed by atoms with van der Waals surface area (Å²) in [7, 11) is 0. The molecule has 0 bridgehead atoms. The lowest BCUT2D eigenvalue weighted by Gasteiger charge is -2.15. The van der Waals surface area contributed by atoms with E-state index in [4.69, 9.17) is 0 Å². The molecule has 1 heterocycles. The molecule has 5 heteroatoms. The van der Waals surface area contributed by atoms with Crippen molar-refractivity contribution in [2.24, 2.45) is 0 Å². The Bertz CT molecular complexity index is 692. The number of imide groups is 1. The standard InChI is InChI=1S/C15H10BrNO3/c16-10-5-6-13(18)9(7-10)8-17-14(19)11-3-1-2-4-12(11)15(17)20/h1-7,18H,8H2. The van der Waals surface area contributed by atoms with Crippen molar-refractivity contribution in [3.8, 4) is 5.75 Å². The van der Waals surface area contributed by atoms with E-state index in [2.05, 4.69) is 15.9 Å². The fourth-order valence-corrected chi connectivity index (χ4v) is 2.64. The van der Waals surface area contributed by atoms with Gasteiger partial charge < -0.3 is 5.11 Å². The third kappa shape index (κ3) is 2.00. The average Bonchev–Trinajstić information content (AvgIpc) is 2.68. The molecule has 20 heavy (non-hydrogen) atoms.